The third kappa shape index (κ3) is 6.91. The summed E-state index contributed by atoms with van der Waals surface area (Å²) in [5.41, 5.74) is -4.32. The molecule has 206 valence electrons. The molecular weight excluding hydrogens is 507 g/mol. The summed E-state index contributed by atoms with van der Waals surface area (Å²) in [5.74, 6) is -0.211. The van der Waals surface area contributed by atoms with Gasteiger partial charge < -0.3 is 5.11 Å². The summed E-state index contributed by atoms with van der Waals surface area (Å²) in [6.45, 7) is 4.15. The van der Waals surface area contributed by atoms with Crippen LogP contribution in [-0.2, 0) is 6.42 Å². The zero-order valence-electron chi connectivity index (χ0n) is 20.4. The number of amides is 2. The topological polar surface area (TPSA) is 69.2 Å². The fourth-order valence-electron chi connectivity index (χ4n) is 4.76. The number of piperidine rings is 1. The monoisotopic (exact) mass is 538 g/mol. The number of rotatable bonds is 7. The summed E-state index contributed by atoms with van der Waals surface area (Å²) < 4.78 is 92.9. The molecule has 3 rings (SSSR count). The van der Waals surface area contributed by atoms with Gasteiger partial charge in [0, 0.05) is 6.54 Å². The lowest BCUT2D eigenvalue weighted by Crippen LogP contribution is -2.88. The molecule has 2 amide bonds. The predicted molar refractivity (Wildman–Crippen MR) is 123 cm³/mol. The molecule has 1 aliphatic heterocycles. The zero-order valence-corrected chi connectivity index (χ0v) is 20.4. The Morgan fingerprint density at radius 2 is 1.73 bits per heavy atom. The number of hydrogen-bond acceptors (Lipinski definition) is 3. The van der Waals surface area contributed by atoms with E-state index in [1.807, 2.05) is 0 Å². The van der Waals surface area contributed by atoms with Gasteiger partial charge in [0.15, 0.2) is 0 Å². The van der Waals surface area contributed by atoms with Gasteiger partial charge in [-0.05, 0) is 81.3 Å². The van der Waals surface area contributed by atoms with Crippen molar-refractivity contribution >= 4 is 11.7 Å². The van der Waals surface area contributed by atoms with Crippen LogP contribution in [0.2, 0.25) is 0 Å². The average molecular weight is 539 g/mol. The van der Waals surface area contributed by atoms with E-state index in [1.54, 1.807) is 13.0 Å². The standard InChI is InChI=1S/C25H30F7N3O2/c1-2-33-22(36)34-21-8-5-18(14-20(21)26)13-16-9-11-35(12-10-16)15-17-3-6-19(7-4-17)23(37,24(27,28)29)25(30,31)32/h3,5-6,8,14,16,37H,2,4,7,9-13,15H2,1H3,(H2,33,34,36)/p+1. The van der Waals surface area contributed by atoms with Crippen LogP contribution in [0.25, 0.3) is 0 Å². The summed E-state index contributed by atoms with van der Waals surface area (Å²) in [7, 11) is 0. The molecule has 0 bridgehead atoms. The second kappa shape index (κ2) is 11.5. The van der Waals surface area contributed by atoms with Crippen LogP contribution in [0.1, 0.15) is 38.2 Å². The van der Waals surface area contributed by atoms with Crippen molar-refractivity contribution in [2.24, 2.45) is 5.92 Å². The van der Waals surface area contributed by atoms with Gasteiger partial charge in [-0.3, -0.25) is 15.5 Å². The number of benzene rings is 1. The van der Waals surface area contributed by atoms with E-state index in [9.17, 15) is 40.6 Å². The Bertz CT molecular complexity index is 1010. The minimum atomic E-state index is -5.87. The average Bonchev–Trinajstić information content (AvgIpc) is 2.81. The number of primary amides is 1. The van der Waals surface area contributed by atoms with E-state index in [0.717, 1.165) is 24.5 Å². The number of urea groups is 1. The Hall–Kier alpha value is -2.44. The highest BCUT2D eigenvalue weighted by molar-refractivity contribution is 5.82. The summed E-state index contributed by atoms with van der Waals surface area (Å²) in [6.07, 6.45) is -8.01. The fourth-order valence-corrected chi connectivity index (χ4v) is 4.76. The van der Waals surface area contributed by atoms with Crippen LogP contribution in [0.5, 0.6) is 0 Å². The number of nitrogens with zero attached hydrogens (tertiary/aromatic N) is 1. The number of carbonyl (C=O) groups is 1. The summed E-state index contributed by atoms with van der Waals surface area (Å²) in [4.78, 5) is 13.7. The first-order chi connectivity index (χ1) is 17.2. The van der Waals surface area contributed by atoms with Crippen LogP contribution >= 0.6 is 0 Å². The van der Waals surface area contributed by atoms with Crippen LogP contribution in [0, 0.1) is 11.7 Å². The maximum atomic E-state index is 14.4. The third-order valence-electron chi connectivity index (χ3n) is 6.86. The molecule has 37 heavy (non-hydrogen) atoms. The van der Waals surface area contributed by atoms with Crippen molar-refractivity contribution in [3.05, 3.63) is 52.9 Å². The zero-order chi connectivity index (χ0) is 27.4. The Morgan fingerprint density at radius 3 is 2.24 bits per heavy atom. The van der Waals surface area contributed by atoms with Gasteiger partial charge in [0.1, 0.15) is 5.82 Å². The van der Waals surface area contributed by atoms with E-state index in [0.29, 0.717) is 44.1 Å². The Morgan fingerprint density at radius 1 is 1.08 bits per heavy atom. The largest absolute Gasteiger partial charge is 0.430 e. The second-order valence-corrected chi connectivity index (χ2v) is 9.56. The number of quaternary nitrogens is 1. The van der Waals surface area contributed by atoms with Crippen molar-refractivity contribution in [2.45, 2.75) is 57.0 Å². The van der Waals surface area contributed by atoms with Crippen molar-refractivity contribution < 1.29 is 46.0 Å². The van der Waals surface area contributed by atoms with E-state index >= 15 is 0 Å². The molecule has 1 aromatic rings. The van der Waals surface area contributed by atoms with Gasteiger partial charge in [-0.2, -0.15) is 26.3 Å². The molecule has 0 atom stereocenters. The van der Waals surface area contributed by atoms with Gasteiger partial charge in [-0.25, -0.2) is 9.18 Å². The smallest absolute Gasteiger partial charge is 0.370 e. The van der Waals surface area contributed by atoms with Gasteiger partial charge in [-0.1, -0.05) is 23.8 Å². The van der Waals surface area contributed by atoms with Crippen LogP contribution < -0.4 is 10.6 Å². The molecule has 1 saturated heterocycles. The molecule has 1 fully saturated rings. The highest BCUT2D eigenvalue weighted by Gasteiger charge is 2.72. The number of carbonyl (C=O) groups excluding carboxylic acids is 1. The number of alkyl halides is 6. The molecule has 1 heterocycles. The Labute approximate surface area is 210 Å². The molecule has 4 N–H and O–H groups in total. The maximum Gasteiger partial charge on any atom is 0.430 e. The van der Waals surface area contributed by atoms with Crippen molar-refractivity contribution in [1.29, 1.82) is 0 Å². The maximum absolute atomic E-state index is 14.4. The van der Waals surface area contributed by atoms with Gasteiger partial charge in [-0.15, -0.1) is 0 Å². The van der Waals surface area contributed by atoms with Crippen LogP contribution in [0.15, 0.2) is 41.5 Å². The number of nitrogens with one attached hydrogen (secondary N) is 1. The molecule has 1 aromatic carbocycles. The lowest BCUT2D eigenvalue weighted by molar-refractivity contribution is -0.548. The molecule has 12 heteroatoms. The minimum Gasteiger partial charge on any atom is -0.370 e. The number of hydrogen-bond donors (Lipinski definition) is 3. The minimum absolute atomic E-state index is 0.00158. The Balaban J connectivity index is 1.53. The molecule has 0 radical (unpaired) electrons. The third-order valence-corrected chi connectivity index (χ3v) is 6.86. The van der Waals surface area contributed by atoms with Crippen molar-refractivity contribution in [1.82, 2.24) is 4.90 Å². The number of likely N-dealkylation sites (tertiary alicyclic amines) is 1. The van der Waals surface area contributed by atoms with E-state index in [4.69, 9.17) is 0 Å². The predicted octanol–water partition coefficient (Wildman–Crippen LogP) is 4.70. The molecular formula is C25H31F7N3O2+. The molecule has 0 unspecified atom stereocenters. The van der Waals surface area contributed by atoms with E-state index in [1.165, 1.54) is 23.5 Å². The summed E-state index contributed by atoms with van der Waals surface area (Å²) in [6, 6.07) is 4.36. The van der Waals surface area contributed by atoms with Crippen LogP contribution in [-0.4, -0.2) is 60.2 Å². The number of halogens is 7. The van der Waals surface area contributed by atoms with E-state index in [2.05, 4.69) is 10.2 Å². The van der Waals surface area contributed by atoms with Crippen molar-refractivity contribution in [3.63, 3.8) is 0 Å². The number of allylic oxidation sites excluding steroid dienone is 2. The number of anilines is 1. The van der Waals surface area contributed by atoms with Crippen LogP contribution in [0.3, 0.4) is 0 Å². The SMILES string of the molecule is CC[NH2+]C(=O)Nc1ccc(CC2CCN(CC3=CC=C(C(O)(C(F)(F)F)C(F)(F)F)CC3)CC2)cc1F. The quantitative estimate of drug-likeness (QED) is 0.441. The normalized spacial score (nSPS) is 18.4. The number of aliphatic hydroxyl groups is 1. The van der Waals surface area contributed by atoms with Gasteiger partial charge >= 0.3 is 18.4 Å². The summed E-state index contributed by atoms with van der Waals surface area (Å²) >= 11 is 0. The first-order valence-corrected chi connectivity index (χ1v) is 12.1. The summed E-state index contributed by atoms with van der Waals surface area (Å²) in [5, 5.41) is 13.5. The highest BCUT2D eigenvalue weighted by atomic mass is 19.4. The lowest BCUT2D eigenvalue weighted by Gasteiger charge is -2.36. The van der Waals surface area contributed by atoms with Crippen molar-refractivity contribution in [3.8, 4) is 0 Å². The molecule has 0 spiro atoms. The number of nitrogens with two attached hydrogens (primary N) is 1. The van der Waals surface area contributed by atoms with Crippen molar-refractivity contribution in [2.75, 3.05) is 31.5 Å². The molecule has 0 saturated carbocycles. The van der Waals surface area contributed by atoms with E-state index in [-0.39, 0.29) is 18.1 Å². The molecule has 0 aromatic heterocycles. The first-order valence-electron chi connectivity index (χ1n) is 12.1. The molecule has 1 aliphatic carbocycles. The van der Waals surface area contributed by atoms with E-state index < -0.39 is 35.8 Å². The lowest BCUT2D eigenvalue weighted by atomic mass is 9.84. The highest BCUT2D eigenvalue weighted by Crippen LogP contribution is 2.49. The molecule has 2 aliphatic rings. The van der Waals surface area contributed by atoms with Gasteiger partial charge in [0.2, 0.25) is 0 Å². The van der Waals surface area contributed by atoms with Gasteiger partial charge in [0.25, 0.3) is 5.60 Å². The second-order valence-electron chi connectivity index (χ2n) is 9.56. The Kier molecular flexibility index (Phi) is 9.07. The molecule has 5 nitrogen and oxygen atoms in total. The fraction of sp³-hybridized carbons (Fsp3) is 0.560. The van der Waals surface area contributed by atoms with Crippen LogP contribution in [0.4, 0.5) is 41.2 Å². The van der Waals surface area contributed by atoms with Gasteiger partial charge in [0.05, 0.1) is 12.2 Å². The first kappa shape index (κ1) is 29.1.